The Hall–Kier alpha value is -3.21. The van der Waals surface area contributed by atoms with Crippen molar-refractivity contribution in [3.05, 3.63) is 65.2 Å². The van der Waals surface area contributed by atoms with E-state index in [-0.39, 0.29) is 28.3 Å². The fraction of sp³-hybridized carbons (Fsp3) is 0.385. The predicted octanol–water partition coefficient (Wildman–Crippen LogP) is 3.18. The third kappa shape index (κ3) is 5.30. The summed E-state index contributed by atoms with van der Waals surface area (Å²) >= 11 is 0. The van der Waals surface area contributed by atoms with Crippen LogP contribution >= 0.6 is 0 Å². The fourth-order valence-electron chi connectivity index (χ4n) is 4.30. The molecular formula is C26H32N2O7S. The summed E-state index contributed by atoms with van der Waals surface area (Å²) in [5.74, 6) is -1.36. The van der Waals surface area contributed by atoms with Gasteiger partial charge in [-0.3, -0.25) is 9.59 Å². The van der Waals surface area contributed by atoms with E-state index in [1.54, 1.807) is 45.2 Å². The molecule has 1 amide bonds. The van der Waals surface area contributed by atoms with Crippen molar-refractivity contribution in [2.45, 2.75) is 31.2 Å². The van der Waals surface area contributed by atoms with E-state index < -0.39 is 27.8 Å². The number of sulfonamides is 1. The first-order valence-corrected chi connectivity index (χ1v) is 13.2. The lowest BCUT2D eigenvalue weighted by atomic mass is 9.95. The molecule has 1 unspecified atom stereocenters. The highest BCUT2D eigenvalue weighted by molar-refractivity contribution is 7.89. The number of ketones is 1. The third-order valence-corrected chi connectivity index (χ3v) is 8.23. The maximum absolute atomic E-state index is 13.1. The van der Waals surface area contributed by atoms with Crippen LogP contribution in [0.2, 0.25) is 0 Å². The number of hydrogen-bond acceptors (Lipinski definition) is 7. The van der Waals surface area contributed by atoms with Gasteiger partial charge in [0, 0.05) is 38.9 Å². The van der Waals surface area contributed by atoms with Gasteiger partial charge in [0.15, 0.2) is 0 Å². The SMILES string of the molecule is CCN(CC)S(=O)(=O)c1ccc(/C(O)=C2/C(=O)C(=O)N(CCCOC)C2c2cccc(OC)c2)cc1. The van der Waals surface area contributed by atoms with E-state index in [0.717, 1.165) is 0 Å². The Balaban J connectivity index is 2.09. The molecule has 10 heteroatoms. The molecule has 1 aliphatic rings. The highest BCUT2D eigenvalue weighted by Crippen LogP contribution is 2.40. The summed E-state index contributed by atoms with van der Waals surface area (Å²) < 4.78 is 37.4. The molecule has 0 aromatic heterocycles. The number of aliphatic hydroxyl groups is 1. The number of benzene rings is 2. The highest BCUT2D eigenvalue weighted by atomic mass is 32.2. The zero-order valence-corrected chi connectivity index (χ0v) is 21.7. The molecule has 0 bridgehead atoms. The fourth-order valence-corrected chi connectivity index (χ4v) is 5.76. The van der Waals surface area contributed by atoms with Gasteiger partial charge >= 0.3 is 0 Å². The van der Waals surface area contributed by atoms with Crippen molar-refractivity contribution in [3.63, 3.8) is 0 Å². The van der Waals surface area contributed by atoms with Crippen molar-refractivity contribution in [1.82, 2.24) is 9.21 Å². The van der Waals surface area contributed by atoms with Gasteiger partial charge in [0.1, 0.15) is 11.5 Å². The van der Waals surface area contributed by atoms with Crippen LogP contribution in [0.5, 0.6) is 5.75 Å². The van der Waals surface area contributed by atoms with Gasteiger partial charge in [0.2, 0.25) is 10.0 Å². The minimum atomic E-state index is -3.68. The van der Waals surface area contributed by atoms with E-state index in [0.29, 0.717) is 37.4 Å². The molecule has 0 radical (unpaired) electrons. The number of hydrogen-bond donors (Lipinski definition) is 1. The van der Waals surface area contributed by atoms with Gasteiger partial charge in [-0.25, -0.2) is 8.42 Å². The summed E-state index contributed by atoms with van der Waals surface area (Å²) in [6.45, 7) is 4.81. The smallest absolute Gasteiger partial charge is 0.295 e. The number of Topliss-reactive ketones (excluding diaryl/α,β-unsaturated/α-hetero) is 1. The molecule has 1 atom stereocenters. The van der Waals surface area contributed by atoms with Crippen molar-refractivity contribution < 1.29 is 32.6 Å². The van der Waals surface area contributed by atoms with Gasteiger partial charge in [-0.1, -0.05) is 26.0 Å². The summed E-state index contributed by atoms with van der Waals surface area (Å²) in [7, 11) is -0.615. The van der Waals surface area contributed by atoms with Crippen LogP contribution in [0.3, 0.4) is 0 Å². The van der Waals surface area contributed by atoms with Crippen molar-refractivity contribution in [2.24, 2.45) is 0 Å². The predicted molar refractivity (Wildman–Crippen MR) is 135 cm³/mol. The lowest BCUT2D eigenvalue weighted by Crippen LogP contribution is -2.31. The summed E-state index contributed by atoms with van der Waals surface area (Å²) in [6.07, 6.45) is 0.502. The minimum Gasteiger partial charge on any atom is -0.507 e. The summed E-state index contributed by atoms with van der Waals surface area (Å²) in [6, 6.07) is 11.8. The summed E-state index contributed by atoms with van der Waals surface area (Å²) in [4.78, 5) is 27.6. The Bertz CT molecular complexity index is 1240. The molecule has 0 spiro atoms. The lowest BCUT2D eigenvalue weighted by Gasteiger charge is -2.25. The second-order valence-electron chi connectivity index (χ2n) is 8.23. The Morgan fingerprint density at radius 2 is 1.72 bits per heavy atom. The van der Waals surface area contributed by atoms with Gasteiger partial charge in [-0.2, -0.15) is 4.31 Å². The number of methoxy groups -OCH3 is 2. The molecule has 1 fully saturated rings. The maximum Gasteiger partial charge on any atom is 0.295 e. The van der Waals surface area contributed by atoms with Gasteiger partial charge in [0.25, 0.3) is 11.7 Å². The molecule has 2 aromatic carbocycles. The molecule has 3 rings (SSSR count). The van der Waals surface area contributed by atoms with E-state index in [9.17, 15) is 23.1 Å². The Morgan fingerprint density at radius 1 is 1.06 bits per heavy atom. The van der Waals surface area contributed by atoms with Crippen LogP contribution in [-0.4, -0.2) is 74.9 Å². The number of carbonyl (C=O) groups is 2. The monoisotopic (exact) mass is 516 g/mol. The average molecular weight is 517 g/mol. The van der Waals surface area contributed by atoms with E-state index in [2.05, 4.69) is 0 Å². The number of likely N-dealkylation sites (tertiary alicyclic amines) is 1. The first-order chi connectivity index (χ1) is 17.2. The molecule has 0 aliphatic carbocycles. The molecular weight excluding hydrogens is 484 g/mol. The van der Waals surface area contributed by atoms with Gasteiger partial charge in [-0.15, -0.1) is 0 Å². The van der Waals surface area contributed by atoms with Gasteiger partial charge in [-0.05, 0) is 48.4 Å². The molecule has 36 heavy (non-hydrogen) atoms. The minimum absolute atomic E-state index is 0.0648. The number of rotatable bonds is 11. The van der Waals surface area contributed by atoms with Crippen LogP contribution in [0, 0.1) is 0 Å². The van der Waals surface area contributed by atoms with Crippen LogP contribution in [0.4, 0.5) is 0 Å². The Kier molecular flexibility index (Phi) is 8.89. The molecule has 1 heterocycles. The van der Waals surface area contributed by atoms with Crippen molar-refractivity contribution in [3.8, 4) is 5.75 Å². The Morgan fingerprint density at radius 3 is 2.31 bits per heavy atom. The molecule has 1 saturated heterocycles. The van der Waals surface area contributed by atoms with E-state index in [4.69, 9.17) is 9.47 Å². The normalized spacial score (nSPS) is 17.7. The molecule has 2 aromatic rings. The maximum atomic E-state index is 13.1. The molecule has 1 aliphatic heterocycles. The second kappa shape index (κ2) is 11.7. The molecule has 1 N–H and O–H groups in total. The van der Waals surface area contributed by atoms with Crippen molar-refractivity contribution in [2.75, 3.05) is 40.5 Å². The first kappa shape index (κ1) is 27.4. The second-order valence-corrected chi connectivity index (χ2v) is 10.2. The summed E-state index contributed by atoms with van der Waals surface area (Å²) in [5, 5.41) is 11.2. The lowest BCUT2D eigenvalue weighted by molar-refractivity contribution is -0.140. The number of ether oxygens (including phenoxy) is 2. The number of aliphatic hydroxyl groups excluding tert-OH is 1. The van der Waals surface area contributed by atoms with Crippen molar-refractivity contribution >= 4 is 27.5 Å². The highest BCUT2D eigenvalue weighted by Gasteiger charge is 2.45. The molecule has 0 saturated carbocycles. The Labute approximate surface area is 212 Å². The zero-order valence-electron chi connectivity index (χ0n) is 20.9. The van der Waals surface area contributed by atoms with Crippen LogP contribution in [0.25, 0.3) is 5.76 Å². The van der Waals surface area contributed by atoms with Gasteiger partial charge in [0.05, 0.1) is 23.6 Å². The van der Waals surface area contributed by atoms with Crippen LogP contribution in [0.1, 0.15) is 37.4 Å². The largest absolute Gasteiger partial charge is 0.507 e. The number of carbonyl (C=O) groups excluding carboxylic acids is 2. The topological polar surface area (TPSA) is 113 Å². The van der Waals surface area contributed by atoms with Gasteiger partial charge < -0.3 is 19.5 Å². The third-order valence-electron chi connectivity index (χ3n) is 6.17. The molecule has 194 valence electrons. The van der Waals surface area contributed by atoms with E-state index in [1.165, 1.54) is 40.6 Å². The number of nitrogens with zero attached hydrogens (tertiary/aromatic N) is 2. The standard InChI is InChI=1S/C26H32N2O7S/c1-5-27(6-2)36(32,33)21-13-11-18(12-14-21)24(29)22-23(19-9-7-10-20(17-19)35-4)28(15-8-16-34-3)26(31)25(22)30/h7,9-14,17,23,29H,5-6,8,15-16H2,1-4H3/b24-22-. The quantitative estimate of drug-likeness (QED) is 0.211. The van der Waals surface area contributed by atoms with Crippen LogP contribution < -0.4 is 4.74 Å². The van der Waals surface area contributed by atoms with E-state index in [1.807, 2.05) is 0 Å². The van der Waals surface area contributed by atoms with Crippen LogP contribution in [-0.2, 0) is 24.3 Å². The summed E-state index contributed by atoms with van der Waals surface area (Å²) in [5.41, 5.74) is 0.773. The zero-order chi connectivity index (χ0) is 26.5. The van der Waals surface area contributed by atoms with Crippen molar-refractivity contribution in [1.29, 1.82) is 0 Å². The average Bonchev–Trinajstić information content (AvgIpc) is 3.14. The van der Waals surface area contributed by atoms with E-state index >= 15 is 0 Å². The first-order valence-electron chi connectivity index (χ1n) is 11.7. The van der Waals surface area contributed by atoms with Crippen LogP contribution in [0.15, 0.2) is 59.0 Å². The molecule has 9 nitrogen and oxygen atoms in total. The number of amides is 1.